The van der Waals surface area contributed by atoms with E-state index in [1.807, 2.05) is 20.8 Å². The second-order valence-corrected chi connectivity index (χ2v) is 9.68. The van der Waals surface area contributed by atoms with Gasteiger partial charge in [-0.15, -0.1) is 0 Å². The maximum atomic E-state index is 12.6. The Bertz CT molecular complexity index is 936. The molecule has 2 aromatic rings. The molecule has 33 heavy (non-hydrogen) atoms. The fourth-order valence-electron chi connectivity index (χ4n) is 3.97. The summed E-state index contributed by atoms with van der Waals surface area (Å²) in [6.45, 7) is 7.04. The molecule has 0 radical (unpaired) electrons. The predicted molar refractivity (Wildman–Crippen MR) is 131 cm³/mol. The zero-order valence-corrected chi connectivity index (χ0v) is 19.4. The van der Waals surface area contributed by atoms with Crippen molar-refractivity contribution in [2.45, 2.75) is 90.9 Å². The molecule has 0 saturated carbocycles. The number of Topliss-reactive ketones (excluding diaryl/α,β-unsaturated/α-hetero) is 1. The van der Waals surface area contributed by atoms with Crippen molar-refractivity contribution < 1.29 is 14.7 Å². The molecule has 2 aromatic heterocycles. The van der Waals surface area contributed by atoms with E-state index in [1.165, 1.54) is 5.56 Å². The Labute approximate surface area is 197 Å². The second-order valence-electron chi connectivity index (χ2n) is 9.68. The van der Waals surface area contributed by atoms with Gasteiger partial charge in [-0.05, 0) is 49.3 Å². The molecule has 3 heterocycles. The first-order valence-electron chi connectivity index (χ1n) is 11.5. The van der Waals surface area contributed by atoms with Gasteiger partial charge >= 0.3 is 5.97 Å². The predicted octanol–water partition coefficient (Wildman–Crippen LogP) is 5.09. The molecule has 0 amide bonds. The van der Waals surface area contributed by atoms with Gasteiger partial charge in [-0.3, -0.25) is 9.59 Å². The average molecular weight is 455 g/mol. The van der Waals surface area contributed by atoms with Gasteiger partial charge in [0.15, 0.2) is 0 Å². The number of aliphatic carboxylic acids is 1. The highest BCUT2D eigenvalue weighted by Gasteiger charge is 2.22. The Morgan fingerprint density at radius 2 is 1.85 bits per heavy atom. The molecule has 0 aliphatic carbocycles. The molecule has 0 saturated heterocycles. The van der Waals surface area contributed by atoms with Crippen molar-refractivity contribution in [2.24, 2.45) is 0 Å². The number of unbranched alkanes of at least 4 members (excludes halogenated alkanes) is 1. The summed E-state index contributed by atoms with van der Waals surface area (Å²) in [6, 6.07) is 4.23. The van der Waals surface area contributed by atoms with Gasteiger partial charge in [0.1, 0.15) is 17.4 Å². The Balaban J connectivity index is 0.00000385. The highest BCUT2D eigenvalue weighted by atomic mass is 16.4. The molecule has 2 N–H and O–H groups in total. The molecule has 7 nitrogen and oxygen atoms in total. The number of carbonyl (C=O) groups is 2. The van der Waals surface area contributed by atoms with Crippen LogP contribution in [0.15, 0.2) is 24.5 Å². The summed E-state index contributed by atoms with van der Waals surface area (Å²) in [5.74, 6) is 0.460. The molecule has 1 aliphatic heterocycles. The van der Waals surface area contributed by atoms with Crippen molar-refractivity contribution in [1.82, 2.24) is 15.0 Å². The average Bonchev–Trinajstić information content (AvgIpc) is 2.75. The summed E-state index contributed by atoms with van der Waals surface area (Å²) in [4.78, 5) is 37.4. The number of carbonyl (C=O) groups excluding carboxylic acids is 1. The minimum absolute atomic E-state index is 0. The largest absolute Gasteiger partial charge is 0.481 e. The highest BCUT2D eigenvalue weighted by molar-refractivity contribution is 5.80. The van der Waals surface area contributed by atoms with E-state index >= 15 is 0 Å². The maximum Gasteiger partial charge on any atom is 0.303 e. The lowest BCUT2D eigenvalue weighted by atomic mass is 9.90. The molecule has 1 aliphatic rings. The fourth-order valence-corrected chi connectivity index (χ4v) is 3.97. The number of pyridine rings is 1. The first-order chi connectivity index (χ1) is 15.2. The minimum atomic E-state index is -0.921. The van der Waals surface area contributed by atoms with Gasteiger partial charge in [0.2, 0.25) is 0 Å². The number of carboxylic acid groups (broad SMARTS) is 1. The third-order valence-electron chi connectivity index (χ3n) is 5.80. The van der Waals surface area contributed by atoms with Gasteiger partial charge in [0.05, 0.1) is 6.42 Å². The molecular weight excluding hydrogens is 416 g/mol. The smallest absolute Gasteiger partial charge is 0.303 e. The first kappa shape index (κ1) is 26.4. The van der Waals surface area contributed by atoms with Gasteiger partial charge in [0, 0.05) is 48.8 Å². The van der Waals surface area contributed by atoms with Crippen LogP contribution < -0.4 is 5.32 Å². The summed E-state index contributed by atoms with van der Waals surface area (Å²) in [5, 5.41) is 12.7. The number of hydrogen-bond acceptors (Lipinski definition) is 6. The monoisotopic (exact) mass is 454 g/mol. The summed E-state index contributed by atoms with van der Waals surface area (Å²) in [7, 11) is 0. The lowest BCUT2D eigenvalue weighted by Crippen LogP contribution is -2.17. The number of rotatable bonds is 10. The van der Waals surface area contributed by atoms with Crippen LogP contribution >= 0.6 is 0 Å². The Morgan fingerprint density at radius 1 is 1.12 bits per heavy atom. The summed E-state index contributed by atoms with van der Waals surface area (Å²) >= 11 is 0. The van der Waals surface area contributed by atoms with Crippen LogP contribution in [0.25, 0.3) is 0 Å². The lowest BCUT2D eigenvalue weighted by molar-refractivity contribution is -0.137. The maximum absolute atomic E-state index is 12.6. The normalized spacial score (nSPS) is 13.9. The fraction of sp³-hybridized carbons (Fsp3) is 0.577. The molecule has 1 atom stereocenters. The molecule has 0 fully saturated rings. The molecule has 0 bridgehead atoms. The quantitative estimate of drug-likeness (QED) is 0.482. The SMILES string of the molecule is C.CC(C)(C)c1ncc(C(CC(=O)O)CC(=O)CCCCc2ccc3c(n2)NCCC3)cn1. The number of carboxylic acids is 1. The van der Waals surface area contributed by atoms with E-state index in [-0.39, 0.29) is 31.5 Å². The zero-order chi connectivity index (χ0) is 23.1. The molecule has 180 valence electrons. The molecule has 0 spiro atoms. The number of anilines is 1. The number of hydrogen-bond donors (Lipinski definition) is 2. The van der Waals surface area contributed by atoms with Crippen LogP contribution in [0.4, 0.5) is 5.82 Å². The van der Waals surface area contributed by atoms with Crippen molar-refractivity contribution >= 4 is 17.6 Å². The molecular formula is C26H38N4O3. The Hall–Kier alpha value is -2.83. The van der Waals surface area contributed by atoms with E-state index in [4.69, 9.17) is 4.98 Å². The first-order valence-corrected chi connectivity index (χ1v) is 11.5. The van der Waals surface area contributed by atoms with E-state index in [1.54, 1.807) is 12.4 Å². The highest BCUT2D eigenvalue weighted by Crippen LogP contribution is 2.26. The van der Waals surface area contributed by atoms with Crippen molar-refractivity contribution in [2.75, 3.05) is 11.9 Å². The van der Waals surface area contributed by atoms with Gasteiger partial charge in [-0.2, -0.15) is 0 Å². The van der Waals surface area contributed by atoms with Gasteiger partial charge in [-0.25, -0.2) is 15.0 Å². The van der Waals surface area contributed by atoms with Crippen molar-refractivity contribution in [1.29, 1.82) is 0 Å². The standard InChI is InChI=1S/C25H34N4O3.CH4/c1-25(2,3)24-27-15-19(16-28-24)18(14-22(31)32)13-21(30)9-5-4-8-20-11-10-17-7-6-12-26-23(17)29-20;/h10-11,15-16,18H,4-9,12-14H2,1-3H3,(H,26,29)(H,31,32);1H4. The second kappa shape index (κ2) is 11.9. The Kier molecular flexibility index (Phi) is 9.50. The van der Waals surface area contributed by atoms with Crippen LogP contribution in [0.1, 0.15) is 95.3 Å². The van der Waals surface area contributed by atoms with Gasteiger partial charge in [0.25, 0.3) is 0 Å². The molecule has 0 aromatic carbocycles. The third-order valence-corrected chi connectivity index (χ3v) is 5.80. The molecule has 7 heteroatoms. The number of nitrogens with zero attached hydrogens (tertiary/aromatic N) is 3. The summed E-state index contributed by atoms with van der Waals surface area (Å²) in [6.07, 6.45) is 8.59. The molecule has 1 unspecified atom stereocenters. The lowest BCUT2D eigenvalue weighted by Gasteiger charge is -2.18. The van der Waals surface area contributed by atoms with Gasteiger partial charge in [-0.1, -0.05) is 34.3 Å². The van der Waals surface area contributed by atoms with E-state index in [2.05, 4.69) is 27.4 Å². The zero-order valence-electron chi connectivity index (χ0n) is 19.4. The van der Waals surface area contributed by atoms with Crippen molar-refractivity contribution in [3.63, 3.8) is 0 Å². The van der Waals surface area contributed by atoms with Crippen LogP contribution in [0, 0.1) is 0 Å². The van der Waals surface area contributed by atoms with Crippen LogP contribution in [0.5, 0.6) is 0 Å². The van der Waals surface area contributed by atoms with Gasteiger partial charge < -0.3 is 10.4 Å². The number of ketones is 1. The van der Waals surface area contributed by atoms with E-state index < -0.39 is 11.9 Å². The van der Waals surface area contributed by atoms with Crippen LogP contribution in [-0.4, -0.2) is 38.4 Å². The number of fused-ring (bicyclic) bond motifs is 1. The van der Waals surface area contributed by atoms with Crippen LogP contribution in [0.3, 0.4) is 0 Å². The van der Waals surface area contributed by atoms with Crippen molar-refractivity contribution in [3.8, 4) is 0 Å². The minimum Gasteiger partial charge on any atom is -0.481 e. The summed E-state index contributed by atoms with van der Waals surface area (Å²) < 4.78 is 0. The third kappa shape index (κ3) is 7.91. The number of aryl methyl sites for hydroxylation is 2. The Morgan fingerprint density at radius 3 is 2.52 bits per heavy atom. The van der Waals surface area contributed by atoms with E-state index in [9.17, 15) is 14.7 Å². The summed E-state index contributed by atoms with van der Waals surface area (Å²) in [5.41, 5.74) is 2.85. The van der Waals surface area contributed by atoms with Crippen LogP contribution in [0.2, 0.25) is 0 Å². The van der Waals surface area contributed by atoms with E-state index in [0.29, 0.717) is 17.8 Å². The number of nitrogens with one attached hydrogen (secondary N) is 1. The topological polar surface area (TPSA) is 105 Å². The van der Waals surface area contributed by atoms with E-state index in [0.717, 1.165) is 50.2 Å². The van der Waals surface area contributed by atoms with Crippen LogP contribution in [-0.2, 0) is 27.8 Å². The molecule has 3 rings (SSSR count). The van der Waals surface area contributed by atoms with Crippen molar-refractivity contribution in [3.05, 3.63) is 47.2 Å². The number of aromatic nitrogens is 3.